The fraction of sp³-hybridized carbons (Fsp3) is 0.360. The first-order chi connectivity index (χ1) is 15.1. The van der Waals surface area contributed by atoms with E-state index in [0.717, 1.165) is 27.6 Å². The van der Waals surface area contributed by atoms with Gasteiger partial charge in [-0.1, -0.05) is 73.4 Å². The summed E-state index contributed by atoms with van der Waals surface area (Å²) in [5, 5.41) is 0.638. The summed E-state index contributed by atoms with van der Waals surface area (Å²) in [5.74, 6) is 0. The summed E-state index contributed by atoms with van der Waals surface area (Å²) < 4.78 is 7.59. The minimum atomic E-state index is -1.24. The molecule has 3 rings (SSSR count). The summed E-state index contributed by atoms with van der Waals surface area (Å²) in [5.41, 5.74) is 3.02. The topological polar surface area (TPSA) is 64.1 Å². The first-order valence-electron chi connectivity index (χ1n) is 10.9. The van der Waals surface area contributed by atoms with Gasteiger partial charge in [0.25, 0.3) is 5.56 Å². The largest absolute Gasteiger partial charge is 0.377 e. The predicted octanol–water partition coefficient (Wildman–Crippen LogP) is 5.21. The lowest BCUT2D eigenvalue weighted by Crippen LogP contribution is -2.34. The summed E-state index contributed by atoms with van der Waals surface area (Å²) in [6, 6.07) is 17.0. The Labute approximate surface area is 194 Å². The van der Waals surface area contributed by atoms with E-state index >= 15 is 0 Å². The van der Waals surface area contributed by atoms with Gasteiger partial charge >= 0.3 is 5.69 Å². The van der Waals surface area contributed by atoms with Crippen LogP contribution in [0.1, 0.15) is 22.3 Å². The fourth-order valence-corrected chi connectivity index (χ4v) is 5.08. The van der Waals surface area contributed by atoms with Gasteiger partial charge < -0.3 is 4.74 Å². The molecule has 1 N–H and O–H groups in total. The van der Waals surface area contributed by atoms with Crippen molar-refractivity contribution in [3.63, 3.8) is 0 Å². The van der Waals surface area contributed by atoms with Crippen molar-refractivity contribution in [2.75, 3.05) is 6.61 Å². The highest BCUT2D eigenvalue weighted by atomic mass is 32.2. The molecule has 7 heteroatoms. The Morgan fingerprint density at radius 2 is 1.75 bits per heavy atom. The lowest BCUT2D eigenvalue weighted by molar-refractivity contribution is 0.129. The van der Waals surface area contributed by atoms with E-state index in [4.69, 9.17) is 4.74 Å². The molecule has 0 aliphatic carbocycles. The van der Waals surface area contributed by atoms with Crippen LogP contribution in [0.2, 0.25) is 25.7 Å². The number of benzene rings is 2. The summed E-state index contributed by atoms with van der Waals surface area (Å²) in [6.45, 7) is 12.1. The van der Waals surface area contributed by atoms with Crippen LogP contribution in [-0.4, -0.2) is 24.2 Å². The average Bonchev–Trinajstić information content (AvgIpc) is 2.72. The molecule has 0 atom stereocenters. The third-order valence-electron chi connectivity index (χ3n) is 5.28. The quantitative estimate of drug-likeness (QED) is 0.266. The molecule has 0 saturated carbocycles. The van der Waals surface area contributed by atoms with Crippen molar-refractivity contribution < 1.29 is 4.74 Å². The molecule has 0 unspecified atom stereocenters. The Morgan fingerprint density at radius 3 is 2.44 bits per heavy atom. The van der Waals surface area contributed by atoms with Crippen LogP contribution in [0.25, 0.3) is 0 Å². The molecule has 2 aromatic carbocycles. The number of hydrogen-bond donors (Lipinski definition) is 1. The van der Waals surface area contributed by atoms with Gasteiger partial charge in [0, 0.05) is 19.6 Å². The van der Waals surface area contributed by atoms with Gasteiger partial charge in [-0.15, -0.1) is 0 Å². The Kier molecular flexibility index (Phi) is 7.98. The number of aromatic nitrogens is 2. The van der Waals surface area contributed by atoms with E-state index in [-0.39, 0.29) is 12.2 Å². The molecule has 0 radical (unpaired) electrons. The normalized spacial score (nSPS) is 11.7. The molecule has 1 aromatic heterocycles. The van der Waals surface area contributed by atoms with Crippen LogP contribution < -0.4 is 11.2 Å². The van der Waals surface area contributed by atoms with Crippen LogP contribution in [0.4, 0.5) is 0 Å². The van der Waals surface area contributed by atoms with Crippen LogP contribution >= 0.6 is 11.8 Å². The van der Waals surface area contributed by atoms with Crippen LogP contribution in [0.15, 0.2) is 68.0 Å². The van der Waals surface area contributed by atoms with Gasteiger partial charge in [-0.2, -0.15) is 0 Å². The van der Waals surface area contributed by atoms with E-state index in [1.165, 1.54) is 11.8 Å². The van der Waals surface area contributed by atoms with Gasteiger partial charge in [0.1, 0.15) is 0 Å². The van der Waals surface area contributed by atoms with Gasteiger partial charge in [0.2, 0.25) is 0 Å². The van der Waals surface area contributed by atoms with Gasteiger partial charge in [0.05, 0.1) is 23.7 Å². The third-order valence-corrected chi connectivity index (χ3v) is 8.15. The molecule has 0 aliphatic heterocycles. The number of hydrogen-bond acceptors (Lipinski definition) is 4. The van der Waals surface area contributed by atoms with E-state index < -0.39 is 13.8 Å². The number of H-pyrrole nitrogens is 1. The Hall–Kier alpha value is -2.35. The van der Waals surface area contributed by atoms with Gasteiger partial charge in [-0.3, -0.25) is 14.3 Å². The van der Waals surface area contributed by atoms with Crippen LogP contribution in [0, 0.1) is 13.8 Å². The Balaban J connectivity index is 2.03. The van der Waals surface area contributed by atoms with Crippen molar-refractivity contribution in [1.29, 1.82) is 0 Å². The van der Waals surface area contributed by atoms with Crippen LogP contribution in [-0.2, 0) is 17.9 Å². The van der Waals surface area contributed by atoms with Gasteiger partial charge in [-0.25, -0.2) is 4.79 Å². The second-order valence-electron chi connectivity index (χ2n) is 9.34. The molecule has 0 aliphatic rings. The number of nitrogens with one attached hydrogen (secondary N) is 1. The van der Waals surface area contributed by atoms with E-state index in [0.29, 0.717) is 23.7 Å². The summed E-state index contributed by atoms with van der Waals surface area (Å²) in [4.78, 5) is 29.2. The number of nitrogens with zero attached hydrogens (tertiary/aromatic N) is 1. The van der Waals surface area contributed by atoms with E-state index in [1.807, 2.05) is 44.2 Å². The van der Waals surface area contributed by atoms with E-state index in [2.05, 4.69) is 42.8 Å². The maximum absolute atomic E-state index is 12.9. The molecule has 0 amide bonds. The smallest absolute Gasteiger partial charge is 0.329 e. The van der Waals surface area contributed by atoms with Crippen molar-refractivity contribution >= 4 is 19.8 Å². The summed E-state index contributed by atoms with van der Waals surface area (Å²) in [6.07, 6.45) is 0. The Morgan fingerprint density at radius 1 is 1.03 bits per heavy atom. The number of aromatic amines is 1. The van der Waals surface area contributed by atoms with E-state index in [1.54, 1.807) is 4.57 Å². The lowest BCUT2D eigenvalue weighted by atomic mass is 10.1. The van der Waals surface area contributed by atoms with Crippen molar-refractivity contribution in [1.82, 2.24) is 9.55 Å². The van der Waals surface area contributed by atoms with Crippen molar-refractivity contribution in [2.45, 2.75) is 62.6 Å². The molecule has 0 bridgehead atoms. The Bertz CT molecular complexity index is 1180. The molecule has 0 fully saturated rings. The highest BCUT2D eigenvalue weighted by Gasteiger charge is 2.19. The molecular weight excluding hydrogens is 436 g/mol. The minimum Gasteiger partial charge on any atom is -0.377 e. The molecule has 3 aromatic rings. The third kappa shape index (κ3) is 6.57. The molecule has 1 heterocycles. The van der Waals surface area contributed by atoms with Gasteiger partial charge in [-0.05, 0) is 43.2 Å². The predicted molar refractivity (Wildman–Crippen MR) is 135 cm³/mol. The fourth-order valence-electron chi connectivity index (χ4n) is 3.27. The monoisotopic (exact) mass is 468 g/mol. The highest BCUT2D eigenvalue weighted by Crippen LogP contribution is 2.29. The SMILES string of the molecule is Cc1ccc(C)c(Cn2c(Sc3ccccc3)c(COCC[Si](C)(C)C)c(=O)[nH]c2=O)c1. The zero-order valence-electron chi connectivity index (χ0n) is 19.5. The first-order valence-corrected chi connectivity index (χ1v) is 15.4. The minimum absolute atomic E-state index is 0.183. The maximum Gasteiger partial charge on any atom is 0.329 e. The van der Waals surface area contributed by atoms with Crippen LogP contribution in [0.3, 0.4) is 0 Å². The number of ether oxygens (including phenoxy) is 1. The average molecular weight is 469 g/mol. The maximum atomic E-state index is 12.9. The zero-order chi connectivity index (χ0) is 23.3. The molecular formula is C25H32N2O3SSi. The number of rotatable bonds is 9. The molecule has 5 nitrogen and oxygen atoms in total. The van der Waals surface area contributed by atoms with Crippen molar-refractivity contribution in [2.24, 2.45) is 0 Å². The highest BCUT2D eigenvalue weighted by molar-refractivity contribution is 7.99. The second kappa shape index (κ2) is 10.5. The molecule has 32 heavy (non-hydrogen) atoms. The molecule has 0 saturated heterocycles. The first kappa shape index (κ1) is 24.3. The number of aryl methyl sites for hydroxylation is 2. The van der Waals surface area contributed by atoms with Crippen molar-refractivity contribution in [3.05, 3.63) is 91.6 Å². The lowest BCUT2D eigenvalue weighted by Gasteiger charge is -2.18. The van der Waals surface area contributed by atoms with Crippen molar-refractivity contribution in [3.8, 4) is 0 Å². The summed E-state index contributed by atoms with van der Waals surface area (Å²) in [7, 11) is -1.24. The second-order valence-corrected chi connectivity index (χ2v) is 16.0. The molecule has 0 spiro atoms. The zero-order valence-corrected chi connectivity index (χ0v) is 21.3. The van der Waals surface area contributed by atoms with Gasteiger partial charge in [0.15, 0.2) is 0 Å². The van der Waals surface area contributed by atoms with Crippen LogP contribution in [0.5, 0.6) is 0 Å². The molecule has 170 valence electrons. The standard InChI is InChI=1S/C25H32N2O3SSi/c1-18-11-12-19(2)20(15-18)16-27-24(31-21-9-7-6-8-10-21)22(23(28)26-25(27)29)17-30-13-14-32(3,4)5/h6-12,15H,13-14,16-17H2,1-5H3,(H,26,28,29). The van der Waals surface area contributed by atoms with E-state index in [9.17, 15) is 9.59 Å². The summed E-state index contributed by atoms with van der Waals surface area (Å²) >= 11 is 1.43.